The van der Waals surface area contributed by atoms with Crippen LogP contribution in [0.1, 0.15) is 73.1 Å². The Morgan fingerprint density at radius 3 is 1.44 bits per heavy atom. The van der Waals surface area contributed by atoms with E-state index < -0.39 is 0 Å². The lowest BCUT2D eigenvalue weighted by molar-refractivity contribution is 0.00578. The summed E-state index contributed by atoms with van der Waals surface area (Å²) in [5.41, 5.74) is 0.265. The average Bonchev–Trinajstić information content (AvgIpc) is 2.50. The quantitative estimate of drug-likeness (QED) is 0.649. The van der Waals surface area contributed by atoms with Crippen molar-refractivity contribution in [1.82, 2.24) is 0 Å². The summed E-state index contributed by atoms with van der Waals surface area (Å²) in [6.45, 7) is 11.1. The zero-order chi connectivity index (χ0) is 13.2. The van der Waals surface area contributed by atoms with Crippen LogP contribution in [0.15, 0.2) is 0 Å². The summed E-state index contributed by atoms with van der Waals surface area (Å²) in [5, 5.41) is 0.308. The SMILES string of the molecule is CC12CCC(B3OC(C)(C)C(C)(C)O3)(CC1)CC2. The van der Waals surface area contributed by atoms with E-state index in [-0.39, 0.29) is 18.3 Å². The fourth-order valence-electron chi connectivity index (χ4n) is 3.85. The minimum atomic E-state index is -0.176. The van der Waals surface area contributed by atoms with Gasteiger partial charge in [0.25, 0.3) is 0 Å². The molecule has 0 amide bonds. The molecule has 0 aromatic heterocycles. The first-order valence-corrected chi connectivity index (χ1v) is 7.54. The van der Waals surface area contributed by atoms with Gasteiger partial charge in [-0.15, -0.1) is 0 Å². The standard InChI is InChI=1S/C15H27BO2/c1-12(2)13(3,4)18-16(17-12)15-9-6-14(5,7-10-15)8-11-15/h6-11H2,1-5H3. The molecule has 0 atom stereocenters. The average molecular weight is 250 g/mol. The summed E-state index contributed by atoms with van der Waals surface area (Å²) >= 11 is 0. The minimum Gasteiger partial charge on any atom is -0.403 e. The van der Waals surface area contributed by atoms with Crippen molar-refractivity contribution in [2.24, 2.45) is 5.41 Å². The van der Waals surface area contributed by atoms with Crippen LogP contribution in [0.5, 0.6) is 0 Å². The van der Waals surface area contributed by atoms with E-state index in [9.17, 15) is 0 Å². The molecule has 102 valence electrons. The minimum absolute atomic E-state index is 0.0207. The highest BCUT2D eigenvalue weighted by molar-refractivity contribution is 6.49. The summed E-state index contributed by atoms with van der Waals surface area (Å²) in [5.74, 6) is 0. The van der Waals surface area contributed by atoms with Gasteiger partial charge in [0.15, 0.2) is 0 Å². The maximum Gasteiger partial charge on any atom is 0.464 e. The highest BCUT2D eigenvalue weighted by Crippen LogP contribution is 2.64. The van der Waals surface area contributed by atoms with Gasteiger partial charge in [-0.1, -0.05) is 6.92 Å². The van der Waals surface area contributed by atoms with Crippen LogP contribution < -0.4 is 0 Å². The zero-order valence-corrected chi connectivity index (χ0v) is 12.6. The van der Waals surface area contributed by atoms with Crippen molar-refractivity contribution in [2.75, 3.05) is 0 Å². The van der Waals surface area contributed by atoms with Gasteiger partial charge in [-0.2, -0.15) is 0 Å². The molecule has 4 rings (SSSR count). The van der Waals surface area contributed by atoms with Crippen LogP contribution >= 0.6 is 0 Å². The molecular formula is C15H27BO2. The molecular weight excluding hydrogens is 223 g/mol. The van der Waals surface area contributed by atoms with Gasteiger partial charge in [0.1, 0.15) is 0 Å². The fraction of sp³-hybridized carbons (Fsp3) is 1.00. The second-order valence-electron chi connectivity index (χ2n) is 8.26. The number of hydrogen-bond donors (Lipinski definition) is 0. The molecule has 0 aromatic carbocycles. The van der Waals surface area contributed by atoms with Crippen LogP contribution in [0.2, 0.25) is 5.31 Å². The van der Waals surface area contributed by atoms with Crippen molar-refractivity contribution in [3.8, 4) is 0 Å². The lowest BCUT2D eigenvalue weighted by Gasteiger charge is -2.52. The van der Waals surface area contributed by atoms with Gasteiger partial charge in [0.05, 0.1) is 11.2 Å². The molecule has 3 heteroatoms. The van der Waals surface area contributed by atoms with Crippen molar-refractivity contribution in [1.29, 1.82) is 0 Å². The third-order valence-corrected chi connectivity index (χ3v) is 6.43. The van der Waals surface area contributed by atoms with Gasteiger partial charge >= 0.3 is 7.12 Å². The van der Waals surface area contributed by atoms with E-state index in [0.717, 1.165) is 0 Å². The maximum absolute atomic E-state index is 6.33. The summed E-state index contributed by atoms with van der Waals surface area (Å²) in [4.78, 5) is 0. The first-order valence-electron chi connectivity index (χ1n) is 7.54. The number of fused-ring (bicyclic) bond motifs is 3. The van der Waals surface area contributed by atoms with Crippen molar-refractivity contribution in [3.05, 3.63) is 0 Å². The molecule has 1 heterocycles. The van der Waals surface area contributed by atoms with E-state index in [1.807, 2.05) is 0 Å². The molecule has 3 aliphatic carbocycles. The first kappa shape index (κ1) is 13.0. The largest absolute Gasteiger partial charge is 0.464 e. The molecule has 3 saturated carbocycles. The Hall–Kier alpha value is -0.0151. The lowest BCUT2D eigenvalue weighted by atomic mass is 9.41. The Morgan fingerprint density at radius 1 is 0.667 bits per heavy atom. The van der Waals surface area contributed by atoms with Gasteiger partial charge in [-0.05, 0) is 71.6 Å². The maximum atomic E-state index is 6.33. The molecule has 1 saturated heterocycles. The van der Waals surface area contributed by atoms with Crippen LogP contribution in [-0.2, 0) is 9.31 Å². The molecule has 1 aliphatic heterocycles. The molecule has 2 bridgehead atoms. The summed E-state index contributed by atoms with van der Waals surface area (Å²) in [7, 11) is 0.0207. The van der Waals surface area contributed by atoms with Gasteiger partial charge in [-0.25, -0.2) is 0 Å². The molecule has 4 fully saturated rings. The van der Waals surface area contributed by atoms with Crippen LogP contribution in [0.3, 0.4) is 0 Å². The predicted octanol–water partition coefficient (Wildman–Crippen LogP) is 4.19. The van der Waals surface area contributed by atoms with Gasteiger partial charge in [-0.3, -0.25) is 0 Å². The topological polar surface area (TPSA) is 18.5 Å². The van der Waals surface area contributed by atoms with Gasteiger partial charge in [0.2, 0.25) is 0 Å². The van der Waals surface area contributed by atoms with Crippen molar-refractivity contribution in [2.45, 2.75) is 89.7 Å². The Labute approximate surface area is 112 Å². The van der Waals surface area contributed by atoms with E-state index >= 15 is 0 Å². The highest BCUT2D eigenvalue weighted by atomic mass is 16.7. The first-order chi connectivity index (χ1) is 8.18. The second-order valence-corrected chi connectivity index (χ2v) is 8.26. The van der Waals surface area contributed by atoms with Crippen LogP contribution in [0.25, 0.3) is 0 Å². The fourth-order valence-corrected chi connectivity index (χ4v) is 3.85. The Kier molecular flexibility index (Phi) is 2.56. The normalized spacial score (nSPS) is 45.5. The van der Waals surface area contributed by atoms with E-state index in [1.165, 1.54) is 38.5 Å². The van der Waals surface area contributed by atoms with Crippen LogP contribution in [0.4, 0.5) is 0 Å². The predicted molar refractivity (Wildman–Crippen MR) is 74.6 cm³/mol. The van der Waals surface area contributed by atoms with Gasteiger partial charge in [0, 0.05) is 5.31 Å². The highest BCUT2D eigenvalue weighted by Gasteiger charge is 2.62. The second kappa shape index (κ2) is 3.55. The van der Waals surface area contributed by atoms with Crippen molar-refractivity contribution in [3.63, 3.8) is 0 Å². The number of hydrogen-bond acceptors (Lipinski definition) is 2. The molecule has 4 aliphatic rings. The monoisotopic (exact) mass is 250 g/mol. The Morgan fingerprint density at radius 2 is 1.06 bits per heavy atom. The third-order valence-electron chi connectivity index (χ3n) is 6.43. The molecule has 0 spiro atoms. The van der Waals surface area contributed by atoms with E-state index in [4.69, 9.17) is 9.31 Å². The Bertz CT molecular complexity index is 321. The Balaban J connectivity index is 1.81. The number of rotatable bonds is 1. The van der Waals surface area contributed by atoms with E-state index in [0.29, 0.717) is 10.7 Å². The van der Waals surface area contributed by atoms with Crippen molar-refractivity contribution >= 4 is 7.12 Å². The van der Waals surface area contributed by atoms with Crippen molar-refractivity contribution < 1.29 is 9.31 Å². The lowest BCUT2D eigenvalue weighted by Crippen LogP contribution is -2.45. The van der Waals surface area contributed by atoms with Crippen LogP contribution in [0, 0.1) is 5.41 Å². The molecule has 0 aromatic rings. The molecule has 2 nitrogen and oxygen atoms in total. The third kappa shape index (κ3) is 1.70. The van der Waals surface area contributed by atoms with E-state index in [2.05, 4.69) is 34.6 Å². The van der Waals surface area contributed by atoms with E-state index in [1.54, 1.807) is 0 Å². The molecule has 18 heavy (non-hydrogen) atoms. The molecule has 0 radical (unpaired) electrons. The zero-order valence-electron chi connectivity index (χ0n) is 12.6. The summed E-state index contributed by atoms with van der Waals surface area (Å²) < 4.78 is 12.7. The molecule has 0 N–H and O–H groups in total. The summed E-state index contributed by atoms with van der Waals surface area (Å²) in [6.07, 6.45) is 7.95. The smallest absolute Gasteiger partial charge is 0.403 e. The summed E-state index contributed by atoms with van der Waals surface area (Å²) in [6, 6.07) is 0. The van der Waals surface area contributed by atoms with Gasteiger partial charge < -0.3 is 9.31 Å². The van der Waals surface area contributed by atoms with Crippen LogP contribution in [-0.4, -0.2) is 18.3 Å². The molecule has 0 unspecified atom stereocenters.